The summed E-state index contributed by atoms with van der Waals surface area (Å²) < 4.78 is 1.95. The van der Waals surface area contributed by atoms with E-state index < -0.39 is 5.97 Å². The molecule has 0 radical (unpaired) electrons. The Balaban J connectivity index is 2.25. The molecule has 0 spiro atoms. The second kappa shape index (κ2) is 4.14. The Morgan fingerprint density at radius 1 is 1.44 bits per heavy atom. The van der Waals surface area contributed by atoms with Crippen LogP contribution in [0.3, 0.4) is 0 Å². The summed E-state index contributed by atoms with van der Waals surface area (Å²) in [5, 5.41) is 8.81. The molecule has 2 heterocycles. The number of nitrogens with zero attached hydrogens (tertiary/aromatic N) is 3. The maximum absolute atomic E-state index is 10.7. The molecule has 0 amide bonds. The number of imidazole rings is 1. The van der Waals surface area contributed by atoms with Crippen molar-refractivity contribution in [3.63, 3.8) is 0 Å². The molecule has 0 aliphatic carbocycles. The first-order valence-corrected chi connectivity index (χ1v) is 4.83. The lowest BCUT2D eigenvalue weighted by atomic mass is 10.2. The van der Waals surface area contributed by atoms with Gasteiger partial charge in [0.15, 0.2) is 0 Å². The third kappa shape index (κ3) is 2.08. The number of hydrogen-bond donors (Lipinski definition) is 1. The SMILES string of the molecule is Cc1nccn1Cc1ccnc(C(=O)O)c1. The number of carboxylic acids is 1. The summed E-state index contributed by atoms with van der Waals surface area (Å²) in [5.74, 6) is -0.113. The summed E-state index contributed by atoms with van der Waals surface area (Å²) in [6, 6.07) is 3.37. The van der Waals surface area contributed by atoms with E-state index in [1.165, 1.54) is 6.20 Å². The Morgan fingerprint density at radius 3 is 2.88 bits per heavy atom. The van der Waals surface area contributed by atoms with Gasteiger partial charge in [-0.15, -0.1) is 0 Å². The van der Waals surface area contributed by atoms with Crippen LogP contribution in [0.2, 0.25) is 0 Å². The van der Waals surface area contributed by atoms with E-state index in [9.17, 15) is 4.79 Å². The molecule has 1 N–H and O–H groups in total. The van der Waals surface area contributed by atoms with Gasteiger partial charge in [0.2, 0.25) is 0 Å². The fourth-order valence-corrected chi connectivity index (χ4v) is 1.46. The minimum atomic E-state index is -1.01. The average molecular weight is 217 g/mol. The Morgan fingerprint density at radius 2 is 2.25 bits per heavy atom. The Labute approximate surface area is 92.4 Å². The van der Waals surface area contributed by atoms with Crippen LogP contribution in [0.25, 0.3) is 0 Å². The fourth-order valence-electron chi connectivity index (χ4n) is 1.46. The van der Waals surface area contributed by atoms with Gasteiger partial charge in [-0.25, -0.2) is 14.8 Å². The lowest BCUT2D eigenvalue weighted by Crippen LogP contribution is -2.04. The number of aromatic carboxylic acids is 1. The first-order chi connectivity index (χ1) is 7.66. The number of carbonyl (C=O) groups is 1. The summed E-state index contributed by atoms with van der Waals surface area (Å²) in [7, 11) is 0. The normalized spacial score (nSPS) is 10.3. The van der Waals surface area contributed by atoms with Gasteiger partial charge in [0, 0.05) is 25.1 Å². The van der Waals surface area contributed by atoms with Gasteiger partial charge in [0.25, 0.3) is 0 Å². The van der Waals surface area contributed by atoms with E-state index >= 15 is 0 Å². The second-order valence-corrected chi connectivity index (χ2v) is 3.46. The molecule has 2 aromatic heterocycles. The highest BCUT2D eigenvalue weighted by Crippen LogP contribution is 2.06. The van der Waals surface area contributed by atoms with Crippen LogP contribution in [0.1, 0.15) is 21.9 Å². The highest BCUT2D eigenvalue weighted by Gasteiger charge is 2.05. The van der Waals surface area contributed by atoms with E-state index in [0.29, 0.717) is 6.54 Å². The third-order valence-electron chi connectivity index (χ3n) is 2.32. The molecule has 0 aliphatic heterocycles. The van der Waals surface area contributed by atoms with Gasteiger partial charge < -0.3 is 9.67 Å². The van der Waals surface area contributed by atoms with Crippen molar-refractivity contribution < 1.29 is 9.90 Å². The van der Waals surface area contributed by atoms with Crippen molar-refractivity contribution in [3.8, 4) is 0 Å². The number of aromatic nitrogens is 3. The highest BCUT2D eigenvalue weighted by atomic mass is 16.4. The number of pyridine rings is 1. The first kappa shape index (κ1) is 10.4. The van der Waals surface area contributed by atoms with Gasteiger partial charge in [-0.3, -0.25) is 0 Å². The van der Waals surface area contributed by atoms with Crippen LogP contribution < -0.4 is 0 Å². The van der Waals surface area contributed by atoms with E-state index in [1.54, 1.807) is 18.3 Å². The van der Waals surface area contributed by atoms with Crippen molar-refractivity contribution in [2.24, 2.45) is 0 Å². The minimum Gasteiger partial charge on any atom is -0.477 e. The van der Waals surface area contributed by atoms with Gasteiger partial charge in [0.1, 0.15) is 11.5 Å². The second-order valence-electron chi connectivity index (χ2n) is 3.46. The van der Waals surface area contributed by atoms with Crippen LogP contribution in [0.15, 0.2) is 30.7 Å². The molecule has 2 aromatic rings. The Hall–Kier alpha value is -2.17. The quantitative estimate of drug-likeness (QED) is 0.842. The zero-order valence-corrected chi connectivity index (χ0v) is 8.79. The molecule has 5 heteroatoms. The molecule has 0 aromatic carbocycles. The molecule has 5 nitrogen and oxygen atoms in total. The van der Waals surface area contributed by atoms with Crippen molar-refractivity contribution in [2.75, 3.05) is 0 Å². The monoisotopic (exact) mass is 217 g/mol. The van der Waals surface area contributed by atoms with Crippen molar-refractivity contribution in [3.05, 3.63) is 47.8 Å². The molecule has 2 rings (SSSR count). The maximum atomic E-state index is 10.7. The predicted octanol–water partition coefficient (Wildman–Crippen LogP) is 1.33. The standard InChI is InChI=1S/C11H11N3O2/c1-8-12-4-5-14(8)7-9-2-3-13-10(6-9)11(15)16/h2-6H,7H2,1H3,(H,15,16). The average Bonchev–Trinajstić information content (AvgIpc) is 2.65. The van der Waals surface area contributed by atoms with E-state index in [1.807, 2.05) is 17.7 Å². The maximum Gasteiger partial charge on any atom is 0.354 e. The van der Waals surface area contributed by atoms with Gasteiger partial charge >= 0.3 is 5.97 Å². The minimum absolute atomic E-state index is 0.0651. The molecule has 16 heavy (non-hydrogen) atoms. The van der Waals surface area contributed by atoms with Crippen LogP contribution in [-0.2, 0) is 6.54 Å². The Kier molecular flexibility index (Phi) is 2.68. The zero-order chi connectivity index (χ0) is 11.5. The molecular weight excluding hydrogens is 206 g/mol. The van der Waals surface area contributed by atoms with Crippen molar-refractivity contribution in [1.29, 1.82) is 0 Å². The molecule has 0 unspecified atom stereocenters. The number of hydrogen-bond acceptors (Lipinski definition) is 3. The molecular formula is C11H11N3O2. The van der Waals surface area contributed by atoms with Crippen LogP contribution >= 0.6 is 0 Å². The molecule has 0 aliphatic rings. The first-order valence-electron chi connectivity index (χ1n) is 4.83. The third-order valence-corrected chi connectivity index (χ3v) is 2.32. The van der Waals surface area contributed by atoms with Crippen LogP contribution in [0.4, 0.5) is 0 Å². The Bertz CT molecular complexity index is 519. The number of carboxylic acid groups (broad SMARTS) is 1. The zero-order valence-electron chi connectivity index (χ0n) is 8.79. The molecule has 0 atom stereocenters. The largest absolute Gasteiger partial charge is 0.477 e. The van der Waals surface area contributed by atoms with Gasteiger partial charge in [0.05, 0.1) is 0 Å². The highest BCUT2D eigenvalue weighted by molar-refractivity contribution is 5.85. The lowest BCUT2D eigenvalue weighted by Gasteiger charge is -2.05. The molecule has 0 fully saturated rings. The van der Waals surface area contributed by atoms with Gasteiger partial charge in [-0.1, -0.05) is 0 Å². The summed E-state index contributed by atoms with van der Waals surface area (Å²) >= 11 is 0. The van der Waals surface area contributed by atoms with E-state index in [2.05, 4.69) is 9.97 Å². The fraction of sp³-hybridized carbons (Fsp3) is 0.182. The van der Waals surface area contributed by atoms with E-state index in [-0.39, 0.29) is 5.69 Å². The molecule has 0 saturated carbocycles. The summed E-state index contributed by atoms with van der Waals surface area (Å²) in [6.45, 7) is 2.51. The van der Waals surface area contributed by atoms with Gasteiger partial charge in [-0.05, 0) is 24.6 Å². The summed E-state index contributed by atoms with van der Waals surface area (Å²) in [4.78, 5) is 18.6. The number of aryl methyl sites for hydroxylation is 1. The van der Waals surface area contributed by atoms with Gasteiger partial charge in [-0.2, -0.15) is 0 Å². The van der Waals surface area contributed by atoms with Crippen molar-refractivity contribution >= 4 is 5.97 Å². The number of rotatable bonds is 3. The smallest absolute Gasteiger partial charge is 0.354 e. The van der Waals surface area contributed by atoms with E-state index in [0.717, 1.165) is 11.4 Å². The molecule has 82 valence electrons. The molecule has 0 saturated heterocycles. The summed E-state index contributed by atoms with van der Waals surface area (Å²) in [5.41, 5.74) is 0.962. The van der Waals surface area contributed by atoms with Crippen molar-refractivity contribution in [1.82, 2.24) is 14.5 Å². The van der Waals surface area contributed by atoms with E-state index in [4.69, 9.17) is 5.11 Å². The van der Waals surface area contributed by atoms with Crippen LogP contribution in [-0.4, -0.2) is 25.6 Å². The van der Waals surface area contributed by atoms with Crippen molar-refractivity contribution in [2.45, 2.75) is 13.5 Å². The lowest BCUT2D eigenvalue weighted by molar-refractivity contribution is 0.0690. The van der Waals surface area contributed by atoms with Crippen LogP contribution in [0.5, 0.6) is 0 Å². The molecule has 0 bridgehead atoms. The predicted molar refractivity (Wildman–Crippen MR) is 57.3 cm³/mol. The van der Waals surface area contributed by atoms with Crippen LogP contribution in [0, 0.1) is 6.92 Å². The summed E-state index contributed by atoms with van der Waals surface area (Å²) in [6.07, 6.45) is 5.08. The topological polar surface area (TPSA) is 68.0 Å².